The number of carboxylic acids is 1. The Bertz CT molecular complexity index is 310. The molecule has 0 aromatic rings. The summed E-state index contributed by atoms with van der Waals surface area (Å²) in [6.07, 6.45) is 5.04. The Kier molecular flexibility index (Phi) is 6.28. The van der Waals surface area contributed by atoms with E-state index in [0.29, 0.717) is 25.3 Å². The van der Waals surface area contributed by atoms with Crippen molar-refractivity contribution in [3.63, 3.8) is 0 Å². The number of aliphatic carboxylic acids is 1. The smallest absolute Gasteiger partial charge is 0.329 e. The van der Waals surface area contributed by atoms with Crippen molar-refractivity contribution in [3.8, 4) is 0 Å². The minimum absolute atomic E-state index is 0.144. The molecule has 0 spiro atoms. The number of amides is 1. The molecule has 0 unspecified atom stereocenters. The van der Waals surface area contributed by atoms with Gasteiger partial charge in [0.2, 0.25) is 5.91 Å². The largest absolute Gasteiger partial charge is 0.480 e. The van der Waals surface area contributed by atoms with Crippen LogP contribution in [0.4, 0.5) is 0 Å². The number of carboxylic acid groups (broad SMARTS) is 1. The van der Waals surface area contributed by atoms with Crippen molar-refractivity contribution in [2.75, 3.05) is 6.54 Å². The maximum atomic E-state index is 11.9. The quantitative estimate of drug-likeness (QED) is 0.615. The van der Waals surface area contributed by atoms with E-state index in [1.165, 1.54) is 0 Å². The van der Waals surface area contributed by atoms with E-state index >= 15 is 0 Å². The second-order valence-corrected chi connectivity index (χ2v) is 5.71. The molecule has 5 heteroatoms. The number of carbonyl (C=O) groups excluding carboxylic acids is 1. The standard InChI is InChI=1S/C14H26N2O3/c1-11(2)15-10-6-7-12(17)16-14(13(18)19)8-4-3-5-9-14/h11,15H,3-10H2,1-2H3,(H,16,17)(H,18,19). The zero-order valence-electron chi connectivity index (χ0n) is 12.0. The van der Waals surface area contributed by atoms with Gasteiger partial charge in [-0.1, -0.05) is 33.1 Å². The second kappa shape index (κ2) is 7.48. The Labute approximate surface area is 115 Å². The van der Waals surface area contributed by atoms with Crippen molar-refractivity contribution in [3.05, 3.63) is 0 Å². The molecule has 3 N–H and O–H groups in total. The topological polar surface area (TPSA) is 78.4 Å². The van der Waals surface area contributed by atoms with Crippen LogP contribution in [-0.2, 0) is 9.59 Å². The van der Waals surface area contributed by atoms with Gasteiger partial charge in [0.15, 0.2) is 0 Å². The van der Waals surface area contributed by atoms with Crippen LogP contribution in [0.1, 0.15) is 58.8 Å². The number of carbonyl (C=O) groups is 2. The summed E-state index contributed by atoms with van der Waals surface area (Å²) in [5, 5.41) is 15.3. The van der Waals surface area contributed by atoms with Crippen molar-refractivity contribution in [2.24, 2.45) is 0 Å². The lowest BCUT2D eigenvalue weighted by molar-refractivity contribution is -0.149. The molecule has 0 aromatic heterocycles. The molecule has 0 aliphatic heterocycles. The van der Waals surface area contributed by atoms with Crippen LogP contribution in [0.3, 0.4) is 0 Å². The minimum atomic E-state index is -1.01. The fraction of sp³-hybridized carbons (Fsp3) is 0.857. The van der Waals surface area contributed by atoms with Gasteiger partial charge in [0.05, 0.1) is 0 Å². The molecule has 19 heavy (non-hydrogen) atoms. The third kappa shape index (κ3) is 5.19. The average molecular weight is 270 g/mol. The Morgan fingerprint density at radius 1 is 1.21 bits per heavy atom. The fourth-order valence-electron chi connectivity index (χ4n) is 2.52. The van der Waals surface area contributed by atoms with E-state index in [1.807, 2.05) is 0 Å². The van der Waals surface area contributed by atoms with E-state index in [4.69, 9.17) is 0 Å². The third-order valence-corrected chi connectivity index (χ3v) is 3.63. The van der Waals surface area contributed by atoms with Crippen LogP contribution in [0.25, 0.3) is 0 Å². The molecule has 5 nitrogen and oxygen atoms in total. The molecule has 1 saturated carbocycles. The fourth-order valence-corrected chi connectivity index (χ4v) is 2.52. The summed E-state index contributed by atoms with van der Waals surface area (Å²) in [5.41, 5.74) is -1.01. The van der Waals surface area contributed by atoms with Crippen LogP contribution in [-0.4, -0.2) is 35.1 Å². The van der Waals surface area contributed by atoms with Crippen LogP contribution in [0.15, 0.2) is 0 Å². The minimum Gasteiger partial charge on any atom is -0.480 e. The first-order valence-electron chi connectivity index (χ1n) is 7.24. The number of hydrogen-bond acceptors (Lipinski definition) is 3. The Balaban J connectivity index is 2.37. The molecule has 0 bridgehead atoms. The first-order chi connectivity index (χ1) is 8.96. The third-order valence-electron chi connectivity index (χ3n) is 3.63. The van der Waals surface area contributed by atoms with Crippen molar-refractivity contribution < 1.29 is 14.7 Å². The van der Waals surface area contributed by atoms with Crippen LogP contribution < -0.4 is 10.6 Å². The summed E-state index contributed by atoms with van der Waals surface area (Å²) < 4.78 is 0. The molecule has 110 valence electrons. The molecule has 0 heterocycles. The van der Waals surface area contributed by atoms with Gasteiger partial charge in [-0.2, -0.15) is 0 Å². The zero-order chi connectivity index (χ0) is 14.3. The highest BCUT2D eigenvalue weighted by atomic mass is 16.4. The summed E-state index contributed by atoms with van der Waals surface area (Å²) >= 11 is 0. The Morgan fingerprint density at radius 2 is 1.84 bits per heavy atom. The maximum Gasteiger partial charge on any atom is 0.329 e. The molecule has 1 amide bonds. The summed E-state index contributed by atoms with van der Waals surface area (Å²) in [7, 11) is 0. The summed E-state index contributed by atoms with van der Waals surface area (Å²) in [4.78, 5) is 23.3. The van der Waals surface area contributed by atoms with Crippen LogP contribution in [0.2, 0.25) is 0 Å². The van der Waals surface area contributed by atoms with Gasteiger partial charge in [0, 0.05) is 12.5 Å². The van der Waals surface area contributed by atoms with Gasteiger partial charge >= 0.3 is 5.97 Å². The van der Waals surface area contributed by atoms with Crippen LogP contribution in [0.5, 0.6) is 0 Å². The molecule has 0 radical (unpaired) electrons. The lowest BCUT2D eigenvalue weighted by Gasteiger charge is -2.34. The Hall–Kier alpha value is -1.10. The normalized spacial score (nSPS) is 18.3. The molecule has 1 fully saturated rings. The molecular formula is C14H26N2O3. The molecule has 1 rings (SSSR count). The zero-order valence-corrected chi connectivity index (χ0v) is 12.0. The highest BCUT2D eigenvalue weighted by Gasteiger charge is 2.40. The van der Waals surface area contributed by atoms with Gasteiger partial charge in [-0.25, -0.2) is 4.79 Å². The lowest BCUT2D eigenvalue weighted by atomic mass is 9.81. The van der Waals surface area contributed by atoms with Crippen LogP contribution in [0, 0.1) is 0 Å². The van der Waals surface area contributed by atoms with E-state index in [9.17, 15) is 14.7 Å². The summed E-state index contributed by atoms with van der Waals surface area (Å²) in [6, 6.07) is 0.409. The number of nitrogens with one attached hydrogen (secondary N) is 2. The summed E-state index contributed by atoms with van der Waals surface area (Å²) in [5.74, 6) is -1.03. The van der Waals surface area contributed by atoms with E-state index in [0.717, 1.165) is 32.2 Å². The van der Waals surface area contributed by atoms with Gasteiger partial charge in [0.25, 0.3) is 0 Å². The SMILES string of the molecule is CC(C)NCCCC(=O)NC1(C(=O)O)CCCCC1. The molecule has 1 aliphatic carbocycles. The highest BCUT2D eigenvalue weighted by molar-refractivity contribution is 5.87. The number of hydrogen-bond donors (Lipinski definition) is 3. The van der Waals surface area contributed by atoms with Crippen LogP contribution >= 0.6 is 0 Å². The van der Waals surface area contributed by atoms with E-state index in [-0.39, 0.29) is 5.91 Å². The molecule has 0 atom stereocenters. The van der Waals surface area contributed by atoms with Crippen molar-refractivity contribution >= 4 is 11.9 Å². The molecular weight excluding hydrogens is 244 g/mol. The first kappa shape index (κ1) is 16.0. The van der Waals surface area contributed by atoms with Gasteiger partial charge in [-0.05, 0) is 25.8 Å². The predicted molar refractivity (Wildman–Crippen MR) is 74.0 cm³/mol. The highest BCUT2D eigenvalue weighted by Crippen LogP contribution is 2.28. The lowest BCUT2D eigenvalue weighted by Crippen LogP contribution is -2.55. The van der Waals surface area contributed by atoms with Crippen molar-refractivity contribution in [2.45, 2.75) is 70.4 Å². The monoisotopic (exact) mass is 270 g/mol. The molecule has 0 saturated heterocycles. The Morgan fingerprint density at radius 3 is 2.37 bits per heavy atom. The van der Waals surface area contributed by atoms with E-state index in [1.54, 1.807) is 0 Å². The maximum absolute atomic E-state index is 11.9. The van der Waals surface area contributed by atoms with Gasteiger partial charge < -0.3 is 15.7 Å². The van der Waals surface area contributed by atoms with E-state index in [2.05, 4.69) is 24.5 Å². The van der Waals surface area contributed by atoms with E-state index < -0.39 is 11.5 Å². The van der Waals surface area contributed by atoms with Crippen molar-refractivity contribution in [1.29, 1.82) is 0 Å². The van der Waals surface area contributed by atoms with Crippen molar-refractivity contribution in [1.82, 2.24) is 10.6 Å². The van der Waals surface area contributed by atoms with Gasteiger partial charge in [-0.3, -0.25) is 4.79 Å². The first-order valence-corrected chi connectivity index (χ1v) is 7.24. The molecule has 1 aliphatic rings. The average Bonchev–Trinajstić information content (AvgIpc) is 2.35. The summed E-state index contributed by atoms with van der Waals surface area (Å²) in [6.45, 7) is 4.90. The predicted octanol–water partition coefficient (Wildman–Crippen LogP) is 1.67. The molecule has 0 aromatic carbocycles. The van der Waals surface area contributed by atoms with Gasteiger partial charge in [-0.15, -0.1) is 0 Å². The number of rotatable bonds is 7. The second-order valence-electron chi connectivity index (χ2n) is 5.71. The van der Waals surface area contributed by atoms with Gasteiger partial charge in [0.1, 0.15) is 5.54 Å².